The highest BCUT2D eigenvalue weighted by atomic mass is 16.5. The number of piperazine rings is 1. The molecule has 0 unspecified atom stereocenters. The molecule has 2 bridgehead atoms. The molecule has 0 radical (unpaired) electrons. The lowest BCUT2D eigenvalue weighted by atomic mass is 9.50. The Bertz CT molecular complexity index is 1300. The molecule has 0 saturated carbocycles. The van der Waals surface area contributed by atoms with Gasteiger partial charge in [-0.05, 0) is 69.4 Å². The van der Waals surface area contributed by atoms with Gasteiger partial charge in [-0.1, -0.05) is 13.8 Å². The topological polar surface area (TPSA) is 74.4 Å². The second kappa shape index (κ2) is 5.65. The molecule has 4 fully saturated rings. The van der Waals surface area contributed by atoms with Crippen LogP contribution in [0.2, 0.25) is 0 Å². The first-order valence-electron chi connectivity index (χ1n) is 12.3. The zero-order chi connectivity index (χ0) is 23.0. The van der Waals surface area contributed by atoms with Crippen LogP contribution in [0, 0.1) is 5.92 Å². The number of aromatic nitrogens is 1. The van der Waals surface area contributed by atoms with Gasteiger partial charge in [0.1, 0.15) is 22.4 Å². The lowest BCUT2D eigenvalue weighted by molar-refractivity contribution is -0.187. The highest BCUT2D eigenvalue weighted by Gasteiger charge is 2.72. The van der Waals surface area contributed by atoms with E-state index in [-0.39, 0.29) is 28.7 Å². The number of nitrogens with one attached hydrogen (secondary N) is 2. The number of fused-ring (bicyclic) bond motifs is 6. The van der Waals surface area contributed by atoms with Gasteiger partial charge in [0.2, 0.25) is 11.8 Å². The van der Waals surface area contributed by atoms with Crippen molar-refractivity contribution in [3.8, 4) is 5.75 Å². The SMILES string of the molecule is CC1(C)C=Cc2c(ccc3c4c([nH]c23)C(C)(C)[C@@H]2C[C@]35CCCCN3C(=O)[C@@]2(C4)NC5=O)O1. The normalized spacial score (nSPS) is 34.8. The molecule has 2 N–H and O–H groups in total. The van der Waals surface area contributed by atoms with E-state index in [2.05, 4.69) is 56.2 Å². The van der Waals surface area contributed by atoms with Crippen molar-refractivity contribution in [1.29, 1.82) is 0 Å². The Morgan fingerprint density at radius 1 is 1.12 bits per heavy atom. The summed E-state index contributed by atoms with van der Waals surface area (Å²) in [5.41, 5.74) is 2.36. The fraction of sp³-hybridized carbons (Fsp3) is 0.556. The van der Waals surface area contributed by atoms with Gasteiger partial charge < -0.3 is 19.9 Å². The zero-order valence-electron chi connectivity index (χ0n) is 19.8. The fourth-order valence-electron chi connectivity index (χ4n) is 7.71. The van der Waals surface area contributed by atoms with E-state index < -0.39 is 11.1 Å². The lowest BCUT2D eigenvalue weighted by Gasteiger charge is -2.66. The number of piperidine rings is 3. The summed E-state index contributed by atoms with van der Waals surface area (Å²) in [5, 5.41) is 4.44. The van der Waals surface area contributed by atoms with Crippen molar-refractivity contribution in [1.82, 2.24) is 15.2 Å². The first-order chi connectivity index (χ1) is 15.6. The predicted molar refractivity (Wildman–Crippen MR) is 126 cm³/mol. The van der Waals surface area contributed by atoms with Crippen molar-refractivity contribution < 1.29 is 14.3 Å². The van der Waals surface area contributed by atoms with E-state index in [0.717, 1.165) is 53.5 Å². The molecule has 2 aromatic rings. The monoisotopic (exact) mass is 445 g/mol. The molecular formula is C27H31N3O3. The number of H-pyrrole nitrogens is 1. The Kier molecular flexibility index (Phi) is 3.37. The van der Waals surface area contributed by atoms with Crippen molar-refractivity contribution in [2.45, 2.75) is 81.9 Å². The number of ether oxygens (including phenoxy) is 1. The van der Waals surface area contributed by atoms with Crippen LogP contribution in [-0.2, 0) is 21.4 Å². The van der Waals surface area contributed by atoms with Crippen molar-refractivity contribution in [3.63, 3.8) is 0 Å². The molecular weight excluding hydrogens is 414 g/mol. The summed E-state index contributed by atoms with van der Waals surface area (Å²) in [6.07, 6.45) is 8.31. The molecule has 1 aliphatic carbocycles. The minimum atomic E-state index is -0.855. The number of rotatable bonds is 0. The van der Waals surface area contributed by atoms with E-state index in [9.17, 15) is 9.59 Å². The van der Waals surface area contributed by atoms with Gasteiger partial charge in [-0.25, -0.2) is 0 Å². The molecule has 8 rings (SSSR count). The molecule has 2 amide bonds. The van der Waals surface area contributed by atoms with E-state index in [4.69, 9.17) is 4.74 Å². The fourth-order valence-corrected chi connectivity index (χ4v) is 7.71. The first kappa shape index (κ1) is 19.7. The van der Waals surface area contributed by atoms with Crippen molar-refractivity contribution in [3.05, 3.63) is 35.0 Å². The summed E-state index contributed by atoms with van der Waals surface area (Å²) >= 11 is 0. The zero-order valence-corrected chi connectivity index (χ0v) is 19.8. The summed E-state index contributed by atoms with van der Waals surface area (Å²) in [6.45, 7) is 9.31. The molecule has 3 atom stereocenters. The van der Waals surface area contributed by atoms with Gasteiger partial charge in [-0.3, -0.25) is 9.59 Å². The van der Waals surface area contributed by atoms with Gasteiger partial charge in [0.05, 0.1) is 5.52 Å². The van der Waals surface area contributed by atoms with Crippen LogP contribution in [0.4, 0.5) is 0 Å². The van der Waals surface area contributed by atoms with Crippen LogP contribution >= 0.6 is 0 Å². The number of nitrogens with zero attached hydrogens (tertiary/aromatic N) is 1. The maximum atomic E-state index is 14.0. The van der Waals surface area contributed by atoms with Crippen molar-refractivity contribution in [2.24, 2.45) is 5.92 Å². The summed E-state index contributed by atoms with van der Waals surface area (Å²) in [7, 11) is 0. The molecule has 6 heterocycles. The van der Waals surface area contributed by atoms with E-state index in [0.29, 0.717) is 13.0 Å². The third-order valence-electron chi connectivity index (χ3n) is 9.34. The lowest BCUT2D eigenvalue weighted by Crippen LogP contribution is -2.86. The van der Waals surface area contributed by atoms with E-state index in [1.807, 2.05) is 11.0 Å². The molecule has 6 nitrogen and oxygen atoms in total. The van der Waals surface area contributed by atoms with Gasteiger partial charge in [0, 0.05) is 40.9 Å². The highest BCUT2D eigenvalue weighted by Crippen LogP contribution is 2.59. The number of carbonyl (C=O) groups is 2. The Hall–Kier alpha value is -2.76. The molecule has 6 aliphatic rings. The quantitative estimate of drug-likeness (QED) is 0.647. The number of carbonyl (C=O) groups excluding carboxylic acids is 2. The van der Waals surface area contributed by atoms with Crippen LogP contribution in [-0.4, -0.2) is 44.9 Å². The van der Waals surface area contributed by atoms with Crippen LogP contribution in [0.5, 0.6) is 5.75 Å². The van der Waals surface area contributed by atoms with Crippen LogP contribution in [0.3, 0.4) is 0 Å². The van der Waals surface area contributed by atoms with Crippen molar-refractivity contribution >= 4 is 28.8 Å². The Morgan fingerprint density at radius 2 is 1.94 bits per heavy atom. The second-order valence-electron chi connectivity index (χ2n) is 11.9. The van der Waals surface area contributed by atoms with Gasteiger partial charge in [0.25, 0.3) is 0 Å². The number of benzene rings is 1. The smallest absolute Gasteiger partial charge is 0.249 e. The largest absolute Gasteiger partial charge is 0.483 e. The Morgan fingerprint density at radius 3 is 2.76 bits per heavy atom. The number of hydrogen-bond donors (Lipinski definition) is 2. The third kappa shape index (κ3) is 2.16. The highest BCUT2D eigenvalue weighted by molar-refractivity contribution is 6.06. The average Bonchev–Trinajstić information content (AvgIpc) is 3.13. The van der Waals surface area contributed by atoms with Crippen LogP contribution in [0.1, 0.15) is 70.2 Å². The van der Waals surface area contributed by atoms with E-state index in [1.165, 1.54) is 5.69 Å². The predicted octanol–water partition coefficient (Wildman–Crippen LogP) is 3.83. The number of hydrogen-bond acceptors (Lipinski definition) is 3. The Balaban J connectivity index is 1.45. The summed E-state index contributed by atoms with van der Waals surface area (Å²) < 4.78 is 6.22. The summed E-state index contributed by atoms with van der Waals surface area (Å²) in [6, 6.07) is 4.17. The van der Waals surface area contributed by atoms with Gasteiger partial charge in [-0.2, -0.15) is 0 Å². The average molecular weight is 446 g/mol. The molecule has 172 valence electrons. The molecule has 1 aromatic carbocycles. The van der Waals surface area contributed by atoms with Crippen LogP contribution in [0.15, 0.2) is 18.2 Å². The molecule has 5 aliphatic heterocycles. The first-order valence-corrected chi connectivity index (χ1v) is 12.3. The summed E-state index contributed by atoms with van der Waals surface area (Å²) in [5.74, 6) is 1.14. The number of aromatic amines is 1. The molecule has 4 saturated heterocycles. The van der Waals surface area contributed by atoms with Gasteiger partial charge in [0.15, 0.2) is 0 Å². The molecule has 6 heteroatoms. The van der Waals surface area contributed by atoms with Crippen LogP contribution < -0.4 is 10.1 Å². The standard InChI is InChI=1S/C27H31N3O3/c1-24(2)11-9-16-18(33-24)8-7-15-17-13-27-19(25(3,4)21(17)28-20(15)16)14-26(22(31)29-27)10-5-6-12-30(26)23(27)32/h7-9,11,19,28H,5-6,10,12-14H2,1-4H3,(H,29,31)/t19-,26-,27-/m0/s1. The Labute approximate surface area is 193 Å². The van der Waals surface area contributed by atoms with Gasteiger partial charge in [-0.15, -0.1) is 0 Å². The maximum Gasteiger partial charge on any atom is 0.249 e. The van der Waals surface area contributed by atoms with Crippen LogP contribution in [0.25, 0.3) is 17.0 Å². The van der Waals surface area contributed by atoms with E-state index in [1.54, 1.807) is 0 Å². The van der Waals surface area contributed by atoms with Gasteiger partial charge >= 0.3 is 0 Å². The minimum absolute atomic E-state index is 0.0617. The second-order valence-corrected chi connectivity index (χ2v) is 11.9. The number of amides is 2. The van der Waals surface area contributed by atoms with Crippen molar-refractivity contribution in [2.75, 3.05) is 6.54 Å². The third-order valence-corrected chi connectivity index (χ3v) is 9.34. The minimum Gasteiger partial charge on any atom is -0.483 e. The maximum absolute atomic E-state index is 14.0. The summed E-state index contributed by atoms with van der Waals surface area (Å²) in [4.78, 5) is 33.2. The molecule has 1 aromatic heterocycles. The molecule has 2 spiro atoms. The van der Waals surface area contributed by atoms with E-state index >= 15 is 0 Å². The molecule has 33 heavy (non-hydrogen) atoms.